The lowest BCUT2D eigenvalue weighted by Gasteiger charge is -2.18. The highest BCUT2D eigenvalue weighted by molar-refractivity contribution is 6.04. The number of rotatable bonds is 4. The monoisotopic (exact) mass is 260 g/mol. The van der Waals surface area contributed by atoms with Crippen LogP contribution in [-0.4, -0.2) is 36.8 Å². The van der Waals surface area contributed by atoms with Crippen LogP contribution in [-0.2, 0) is 0 Å². The Hall–Kier alpha value is -2.30. The molecule has 1 N–H and O–H groups in total. The van der Waals surface area contributed by atoms with Gasteiger partial charge < -0.3 is 14.7 Å². The molecule has 19 heavy (non-hydrogen) atoms. The number of aromatic carboxylic acids is 1. The average molecular weight is 260 g/mol. The second kappa shape index (κ2) is 5.14. The van der Waals surface area contributed by atoms with Gasteiger partial charge in [0, 0.05) is 25.7 Å². The third-order valence-corrected chi connectivity index (χ3v) is 2.80. The SMILES string of the molecule is CCOc1ccc2ncc(C(=O)O)c(N(C)C)c2c1. The molecule has 0 saturated carbocycles. The van der Waals surface area contributed by atoms with Gasteiger partial charge in [-0.25, -0.2) is 4.79 Å². The van der Waals surface area contributed by atoms with Crippen LogP contribution in [0.25, 0.3) is 10.9 Å². The van der Waals surface area contributed by atoms with Gasteiger partial charge in [-0.1, -0.05) is 0 Å². The number of hydrogen-bond donors (Lipinski definition) is 1. The van der Waals surface area contributed by atoms with Crippen molar-refractivity contribution in [3.05, 3.63) is 30.0 Å². The molecule has 100 valence electrons. The summed E-state index contributed by atoms with van der Waals surface area (Å²) in [4.78, 5) is 17.2. The number of carbonyl (C=O) groups is 1. The fourth-order valence-corrected chi connectivity index (χ4v) is 2.05. The van der Waals surface area contributed by atoms with Gasteiger partial charge in [0.1, 0.15) is 11.3 Å². The minimum absolute atomic E-state index is 0.186. The van der Waals surface area contributed by atoms with Crippen LogP contribution in [0.2, 0.25) is 0 Å². The molecule has 1 heterocycles. The van der Waals surface area contributed by atoms with Gasteiger partial charge >= 0.3 is 5.97 Å². The topological polar surface area (TPSA) is 62.7 Å². The average Bonchev–Trinajstić information content (AvgIpc) is 2.37. The molecule has 2 aromatic rings. The van der Waals surface area contributed by atoms with Gasteiger partial charge in [-0.15, -0.1) is 0 Å². The fourth-order valence-electron chi connectivity index (χ4n) is 2.05. The molecular weight excluding hydrogens is 244 g/mol. The van der Waals surface area contributed by atoms with Gasteiger partial charge in [0.25, 0.3) is 0 Å². The zero-order valence-corrected chi connectivity index (χ0v) is 11.2. The summed E-state index contributed by atoms with van der Waals surface area (Å²) in [6.07, 6.45) is 1.39. The van der Waals surface area contributed by atoms with Gasteiger partial charge in [-0.05, 0) is 25.1 Å². The van der Waals surface area contributed by atoms with Crippen LogP contribution in [0, 0.1) is 0 Å². The number of carboxylic acids is 1. The lowest BCUT2D eigenvalue weighted by molar-refractivity contribution is 0.0697. The van der Waals surface area contributed by atoms with E-state index in [0.29, 0.717) is 18.0 Å². The number of ether oxygens (including phenoxy) is 1. The fraction of sp³-hybridized carbons (Fsp3) is 0.286. The Labute approximate surface area is 111 Å². The molecule has 2 rings (SSSR count). The molecule has 0 fully saturated rings. The zero-order chi connectivity index (χ0) is 14.0. The van der Waals surface area contributed by atoms with E-state index in [4.69, 9.17) is 4.74 Å². The van der Waals surface area contributed by atoms with E-state index in [0.717, 1.165) is 10.9 Å². The molecule has 0 atom stereocenters. The molecular formula is C14H16N2O3. The van der Waals surface area contributed by atoms with Crippen molar-refractivity contribution in [2.75, 3.05) is 25.6 Å². The summed E-state index contributed by atoms with van der Waals surface area (Å²) in [6.45, 7) is 2.47. The number of carboxylic acid groups (broad SMARTS) is 1. The van der Waals surface area contributed by atoms with E-state index < -0.39 is 5.97 Å². The first-order valence-electron chi connectivity index (χ1n) is 6.00. The Morgan fingerprint density at radius 3 is 2.74 bits per heavy atom. The molecule has 0 aliphatic rings. The van der Waals surface area contributed by atoms with Crippen LogP contribution in [0.15, 0.2) is 24.4 Å². The van der Waals surface area contributed by atoms with Gasteiger partial charge in [0.05, 0.1) is 17.8 Å². The van der Waals surface area contributed by atoms with E-state index in [9.17, 15) is 9.90 Å². The van der Waals surface area contributed by atoms with E-state index in [1.165, 1.54) is 6.20 Å². The third kappa shape index (κ3) is 2.45. The van der Waals surface area contributed by atoms with Crippen molar-refractivity contribution in [3.63, 3.8) is 0 Å². The van der Waals surface area contributed by atoms with Crippen LogP contribution in [0.1, 0.15) is 17.3 Å². The first-order valence-corrected chi connectivity index (χ1v) is 6.00. The van der Waals surface area contributed by atoms with Crippen molar-refractivity contribution in [2.24, 2.45) is 0 Å². The minimum Gasteiger partial charge on any atom is -0.494 e. The van der Waals surface area contributed by atoms with Crippen molar-refractivity contribution >= 4 is 22.6 Å². The number of fused-ring (bicyclic) bond motifs is 1. The molecule has 0 bridgehead atoms. The lowest BCUT2D eigenvalue weighted by Crippen LogP contribution is -2.15. The molecule has 1 aromatic carbocycles. The van der Waals surface area contributed by atoms with E-state index in [1.54, 1.807) is 4.90 Å². The summed E-state index contributed by atoms with van der Waals surface area (Å²) in [7, 11) is 3.63. The standard InChI is InChI=1S/C14H16N2O3/c1-4-19-9-5-6-12-10(7-9)13(16(2)3)11(8-15-12)14(17)18/h5-8H,4H2,1-3H3,(H,17,18). The predicted molar refractivity (Wildman–Crippen MR) is 74.2 cm³/mol. The van der Waals surface area contributed by atoms with Crippen LogP contribution in [0.4, 0.5) is 5.69 Å². The summed E-state index contributed by atoms with van der Waals surface area (Å²) in [5.74, 6) is -0.276. The maximum absolute atomic E-state index is 11.3. The summed E-state index contributed by atoms with van der Waals surface area (Å²) in [5, 5.41) is 10.0. The second-order valence-electron chi connectivity index (χ2n) is 4.33. The lowest BCUT2D eigenvalue weighted by atomic mass is 10.1. The van der Waals surface area contributed by atoms with Crippen LogP contribution in [0.5, 0.6) is 5.75 Å². The summed E-state index contributed by atoms with van der Waals surface area (Å²) < 4.78 is 5.46. The molecule has 0 amide bonds. The number of benzene rings is 1. The van der Waals surface area contributed by atoms with Crippen LogP contribution < -0.4 is 9.64 Å². The smallest absolute Gasteiger partial charge is 0.339 e. The minimum atomic E-state index is -0.986. The number of hydrogen-bond acceptors (Lipinski definition) is 4. The molecule has 0 aliphatic heterocycles. The van der Waals surface area contributed by atoms with Crippen LogP contribution >= 0.6 is 0 Å². The van der Waals surface area contributed by atoms with Crippen molar-refractivity contribution in [3.8, 4) is 5.75 Å². The predicted octanol–water partition coefficient (Wildman–Crippen LogP) is 2.40. The molecule has 1 aromatic heterocycles. The normalized spacial score (nSPS) is 10.5. The maximum Gasteiger partial charge on any atom is 0.339 e. The number of pyridine rings is 1. The van der Waals surface area contributed by atoms with E-state index in [-0.39, 0.29) is 5.56 Å². The second-order valence-corrected chi connectivity index (χ2v) is 4.33. The summed E-state index contributed by atoms with van der Waals surface area (Å²) >= 11 is 0. The van der Waals surface area contributed by atoms with Crippen molar-refractivity contribution in [1.29, 1.82) is 0 Å². The molecule has 0 spiro atoms. The Morgan fingerprint density at radius 1 is 1.42 bits per heavy atom. The van der Waals surface area contributed by atoms with Gasteiger partial charge in [-0.2, -0.15) is 0 Å². The highest BCUT2D eigenvalue weighted by Gasteiger charge is 2.16. The Morgan fingerprint density at radius 2 is 2.16 bits per heavy atom. The van der Waals surface area contributed by atoms with E-state index >= 15 is 0 Å². The zero-order valence-electron chi connectivity index (χ0n) is 11.2. The molecule has 5 nitrogen and oxygen atoms in total. The first-order chi connectivity index (χ1) is 9.04. The van der Waals surface area contributed by atoms with Crippen LogP contribution in [0.3, 0.4) is 0 Å². The molecule has 5 heteroatoms. The van der Waals surface area contributed by atoms with Gasteiger partial charge in [0.15, 0.2) is 0 Å². The highest BCUT2D eigenvalue weighted by atomic mass is 16.5. The van der Waals surface area contributed by atoms with E-state index in [2.05, 4.69) is 4.98 Å². The summed E-state index contributed by atoms with van der Waals surface area (Å²) in [5.41, 5.74) is 1.57. The number of aromatic nitrogens is 1. The van der Waals surface area contributed by atoms with Gasteiger partial charge in [-0.3, -0.25) is 4.98 Å². The molecule has 0 radical (unpaired) electrons. The molecule has 0 unspecified atom stereocenters. The molecule has 0 aliphatic carbocycles. The first kappa shape index (κ1) is 13.1. The van der Waals surface area contributed by atoms with Crippen molar-refractivity contribution < 1.29 is 14.6 Å². The Bertz CT molecular complexity index is 623. The molecule has 0 saturated heterocycles. The Kier molecular flexibility index (Phi) is 3.55. The van der Waals surface area contributed by atoms with Gasteiger partial charge in [0.2, 0.25) is 0 Å². The third-order valence-electron chi connectivity index (χ3n) is 2.80. The quantitative estimate of drug-likeness (QED) is 0.914. The number of nitrogens with zero attached hydrogens (tertiary/aromatic N) is 2. The maximum atomic E-state index is 11.3. The Balaban J connectivity index is 2.74. The van der Waals surface area contributed by atoms with Crippen molar-refractivity contribution in [1.82, 2.24) is 4.98 Å². The van der Waals surface area contributed by atoms with E-state index in [1.807, 2.05) is 39.2 Å². The summed E-state index contributed by atoms with van der Waals surface area (Å²) in [6, 6.07) is 5.49. The largest absolute Gasteiger partial charge is 0.494 e. The highest BCUT2D eigenvalue weighted by Crippen LogP contribution is 2.31. The number of anilines is 1. The van der Waals surface area contributed by atoms with Crippen molar-refractivity contribution in [2.45, 2.75) is 6.92 Å².